The largest absolute Gasteiger partial charge is 0.497 e. The fourth-order valence-electron chi connectivity index (χ4n) is 3.04. The molecule has 8 nitrogen and oxygen atoms in total. The van der Waals surface area contributed by atoms with E-state index in [1.165, 1.54) is 36.4 Å². The molecule has 0 radical (unpaired) electrons. The van der Waals surface area contributed by atoms with Crippen LogP contribution in [0.15, 0.2) is 71.6 Å². The Hall–Kier alpha value is -3.56. The van der Waals surface area contributed by atoms with E-state index in [9.17, 15) is 18.3 Å². The van der Waals surface area contributed by atoms with E-state index in [0.29, 0.717) is 18.1 Å². The molecule has 0 aliphatic heterocycles. The molecule has 0 spiro atoms. The molecular weight excluding hydrogens is 460 g/mol. The van der Waals surface area contributed by atoms with Crippen molar-refractivity contribution in [2.45, 2.75) is 24.5 Å². The van der Waals surface area contributed by atoms with Crippen molar-refractivity contribution >= 4 is 15.8 Å². The number of hydrogen-bond acceptors (Lipinski definition) is 7. The van der Waals surface area contributed by atoms with Crippen molar-refractivity contribution in [2.24, 2.45) is 0 Å². The molecule has 3 aromatic rings. The number of carboxylic acid groups (broad SMARTS) is 1. The molecule has 0 aromatic heterocycles. The number of benzene rings is 3. The predicted octanol–water partition coefficient (Wildman–Crippen LogP) is 4.57. The number of sulfone groups is 1. The zero-order chi connectivity index (χ0) is 24.7. The lowest BCUT2D eigenvalue weighted by molar-refractivity contribution is 0.0490. The van der Waals surface area contributed by atoms with Crippen LogP contribution in [0.25, 0.3) is 0 Å². The van der Waals surface area contributed by atoms with Gasteiger partial charge in [0.2, 0.25) is 0 Å². The van der Waals surface area contributed by atoms with E-state index in [1.807, 2.05) is 31.2 Å². The Balaban J connectivity index is 1.64. The quantitative estimate of drug-likeness (QED) is 0.420. The number of methoxy groups -OCH3 is 1. The zero-order valence-corrected chi connectivity index (χ0v) is 19.9. The summed E-state index contributed by atoms with van der Waals surface area (Å²) in [7, 11) is -1.72. The smallest absolute Gasteiger partial charge is 0.335 e. The average Bonchev–Trinajstić information content (AvgIpc) is 2.79. The van der Waals surface area contributed by atoms with Crippen LogP contribution in [-0.2, 0) is 21.2 Å². The normalized spacial score (nSPS) is 12.1. The van der Waals surface area contributed by atoms with Gasteiger partial charge < -0.3 is 24.1 Å². The first-order valence-electron chi connectivity index (χ1n) is 10.4. The second kappa shape index (κ2) is 11.0. The van der Waals surface area contributed by atoms with Gasteiger partial charge in [-0.1, -0.05) is 12.1 Å². The standard InChI is InChI=1S/C25H26O8S/c1-17(15-31-16-18-4-6-20(30-2)7-5-18)32-22-12-19(25(26)27)13-23(14-22)33-21-8-10-24(11-9-21)34(3,28)29/h4-14,17H,15-16H2,1-3H3,(H,26,27)/t17-/m0/s1. The van der Waals surface area contributed by atoms with Gasteiger partial charge in [0, 0.05) is 12.3 Å². The molecule has 1 atom stereocenters. The molecule has 0 fully saturated rings. The molecule has 0 saturated heterocycles. The number of aromatic carboxylic acids is 1. The molecule has 0 aliphatic rings. The summed E-state index contributed by atoms with van der Waals surface area (Å²) in [5.41, 5.74) is 0.977. The third-order valence-electron chi connectivity index (χ3n) is 4.73. The topological polar surface area (TPSA) is 108 Å². The van der Waals surface area contributed by atoms with Crippen LogP contribution in [0, 0.1) is 0 Å². The number of rotatable bonds is 11. The van der Waals surface area contributed by atoms with Gasteiger partial charge >= 0.3 is 5.97 Å². The van der Waals surface area contributed by atoms with Crippen LogP contribution in [0.1, 0.15) is 22.8 Å². The van der Waals surface area contributed by atoms with Crippen LogP contribution in [0.4, 0.5) is 0 Å². The van der Waals surface area contributed by atoms with Crippen molar-refractivity contribution in [1.29, 1.82) is 0 Å². The lowest BCUT2D eigenvalue weighted by Gasteiger charge is -2.17. The summed E-state index contributed by atoms with van der Waals surface area (Å²) in [6.07, 6.45) is 0.759. The van der Waals surface area contributed by atoms with Crippen LogP contribution in [-0.4, -0.2) is 45.6 Å². The third-order valence-corrected chi connectivity index (χ3v) is 5.86. The Morgan fingerprint density at radius 2 is 1.53 bits per heavy atom. The van der Waals surface area contributed by atoms with Crippen molar-refractivity contribution in [3.63, 3.8) is 0 Å². The molecule has 0 amide bonds. The number of carboxylic acids is 1. The molecule has 0 heterocycles. The van der Waals surface area contributed by atoms with Crippen LogP contribution >= 0.6 is 0 Å². The summed E-state index contributed by atoms with van der Waals surface area (Å²) >= 11 is 0. The second-order valence-corrected chi connectivity index (χ2v) is 9.65. The maximum atomic E-state index is 11.6. The van der Waals surface area contributed by atoms with E-state index in [2.05, 4.69) is 0 Å². The fraction of sp³-hybridized carbons (Fsp3) is 0.240. The number of hydrogen-bond donors (Lipinski definition) is 1. The molecule has 0 unspecified atom stereocenters. The minimum absolute atomic E-state index is 0.00777. The highest BCUT2D eigenvalue weighted by Gasteiger charge is 2.13. The Kier molecular flexibility index (Phi) is 8.14. The van der Waals surface area contributed by atoms with Gasteiger partial charge in [-0.15, -0.1) is 0 Å². The van der Waals surface area contributed by atoms with E-state index < -0.39 is 15.8 Å². The first kappa shape index (κ1) is 25.1. The summed E-state index contributed by atoms with van der Waals surface area (Å²) < 4.78 is 45.7. The second-order valence-electron chi connectivity index (χ2n) is 7.64. The van der Waals surface area contributed by atoms with Gasteiger partial charge in [0.15, 0.2) is 9.84 Å². The first-order chi connectivity index (χ1) is 16.1. The summed E-state index contributed by atoms with van der Waals surface area (Å²) in [6, 6.07) is 17.7. The molecule has 34 heavy (non-hydrogen) atoms. The van der Waals surface area contributed by atoms with Gasteiger partial charge in [0.25, 0.3) is 0 Å². The number of carbonyl (C=O) groups is 1. The van der Waals surface area contributed by atoms with E-state index in [4.69, 9.17) is 18.9 Å². The maximum Gasteiger partial charge on any atom is 0.335 e. The van der Waals surface area contributed by atoms with Crippen molar-refractivity contribution in [3.05, 3.63) is 77.9 Å². The molecular formula is C25H26O8S. The Morgan fingerprint density at radius 3 is 2.12 bits per heavy atom. The maximum absolute atomic E-state index is 11.6. The highest BCUT2D eigenvalue weighted by Crippen LogP contribution is 2.29. The monoisotopic (exact) mass is 486 g/mol. The van der Waals surface area contributed by atoms with Gasteiger partial charge in [0.1, 0.15) is 29.1 Å². The van der Waals surface area contributed by atoms with Crippen LogP contribution in [0.2, 0.25) is 0 Å². The summed E-state index contributed by atoms with van der Waals surface area (Å²) in [6.45, 7) is 2.49. The van der Waals surface area contributed by atoms with E-state index >= 15 is 0 Å². The molecule has 180 valence electrons. The molecule has 1 N–H and O–H groups in total. The molecule has 0 saturated carbocycles. The fourth-order valence-corrected chi connectivity index (χ4v) is 3.67. The van der Waals surface area contributed by atoms with E-state index in [1.54, 1.807) is 13.2 Å². The lowest BCUT2D eigenvalue weighted by Crippen LogP contribution is -2.19. The van der Waals surface area contributed by atoms with Gasteiger partial charge in [-0.25, -0.2) is 13.2 Å². The molecule has 0 bridgehead atoms. The lowest BCUT2D eigenvalue weighted by atomic mass is 10.2. The van der Waals surface area contributed by atoms with E-state index in [0.717, 1.165) is 17.6 Å². The minimum atomic E-state index is -3.33. The molecule has 0 aliphatic carbocycles. The summed E-state index contributed by atoms with van der Waals surface area (Å²) in [5.74, 6) is 0.544. The molecule has 3 rings (SSSR count). The van der Waals surface area contributed by atoms with Gasteiger partial charge in [-0.2, -0.15) is 0 Å². The van der Waals surface area contributed by atoms with Crippen molar-refractivity contribution in [2.75, 3.05) is 20.0 Å². The Morgan fingerprint density at radius 1 is 0.912 bits per heavy atom. The van der Waals surface area contributed by atoms with Crippen LogP contribution in [0.3, 0.4) is 0 Å². The van der Waals surface area contributed by atoms with Crippen molar-refractivity contribution < 1.29 is 37.3 Å². The SMILES string of the molecule is COc1ccc(COC[C@H](C)Oc2cc(Oc3ccc(S(C)(=O)=O)cc3)cc(C(=O)O)c2)cc1. The van der Waals surface area contributed by atoms with Crippen molar-refractivity contribution in [1.82, 2.24) is 0 Å². The van der Waals surface area contributed by atoms with Gasteiger partial charge in [0.05, 0.1) is 30.8 Å². The highest BCUT2D eigenvalue weighted by atomic mass is 32.2. The Labute approximate surface area is 198 Å². The molecule has 9 heteroatoms. The third kappa shape index (κ3) is 7.23. The predicted molar refractivity (Wildman–Crippen MR) is 126 cm³/mol. The summed E-state index contributed by atoms with van der Waals surface area (Å²) in [4.78, 5) is 11.7. The number of ether oxygens (including phenoxy) is 4. The zero-order valence-electron chi connectivity index (χ0n) is 19.1. The molecule has 3 aromatic carbocycles. The van der Waals surface area contributed by atoms with Crippen LogP contribution < -0.4 is 14.2 Å². The highest BCUT2D eigenvalue weighted by molar-refractivity contribution is 7.90. The average molecular weight is 487 g/mol. The summed E-state index contributed by atoms with van der Waals surface area (Å²) in [5, 5.41) is 9.45. The van der Waals surface area contributed by atoms with E-state index in [-0.39, 0.29) is 28.9 Å². The van der Waals surface area contributed by atoms with Gasteiger partial charge in [-0.3, -0.25) is 0 Å². The van der Waals surface area contributed by atoms with Crippen molar-refractivity contribution in [3.8, 4) is 23.0 Å². The Bertz CT molecular complexity index is 1220. The van der Waals surface area contributed by atoms with Crippen LogP contribution in [0.5, 0.6) is 23.0 Å². The first-order valence-corrected chi connectivity index (χ1v) is 12.3. The minimum Gasteiger partial charge on any atom is -0.497 e. The van der Waals surface area contributed by atoms with Gasteiger partial charge in [-0.05, 0) is 61.0 Å².